The molecule has 6 heteroatoms. The van der Waals surface area contributed by atoms with E-state index < -0.39 is 11.0 Å². The van der Waals surface area contributed by atoms with Crippen LogP contribution < -0.4 is 11.1 Å². The Balaban J connectivity index is 2.84. The third-order valence-electron chi connectivity index (χ3n) is 2.68. The fourth-order valence-electron chi connectivity index (χ4n) is 1.47. The second-order valence-electron chi connectivity index (χ2n) is 4.52. The maximum absolute atomic E-state index is 11.7. The van der Waals surface area contributed by atoms with E-state index in [1.165, 1.54) is 12.1 Å². The van der Waals surface area contributed by atoms with Crippen molar-refractivity contribution in [3.8, 4) is 0 Å². The van der Waals surface area contributed by atoms with E-state index in [4.69, 9.17) is 5.73 Å². The Hall–Kier alpha value is -1.95. The highest BCUT2D eigenvalue weighted by Gasteiger charge is 2.18. The molecule has 0 aliphatic rings. The number of nitro benzene ring substituents is 1. The lowest BCUT2D eigenvalue weighted by Crippen LogP contribution is -2.39. The first-order chi connectivity index (χ1) is 8.32. The average molecular weight is 251 g/mol. The first-order valence-corrected chi connectivity index (χ1v) is 5.64. The summed E-state index contributed by atoms with van der Waals surface area (Å²) in [5, 5.41) is 13.3. The molecule has 6 nitrogen and oxygen atoms in total. The molecule has 1 aromatic rings. The summed E-state index contributed by atoms with van der Waals surface area (Å²) in [5.41, 5.74) is 6.74. The SMILES string of the molecule is Cc1cc(NC(=O)[C@H](N)C(C)C)ccc1[N+](=O)[O-]. The van der Waals surface area contributed by atoms with E-state index >= 15 is 0 Å². The molecule has 0 aromatic heterocycles. The van der Waals surface area contributed by atoms with Crippen molar-refractivity contribution in [1.29, 1.82) is 0 Å². The number of hydrogen-bond donors (Lipinski definition) is 2. The molecule has 0 bridgehead atoms. The smallest absolute Gasteiger partial charge is 0.272 e. The minimum Gasteiger partial charge on any atom is -0.325 e. The van der Waals surface area contributed by atoms with Crippen LogP contribution in [0.25, 0.3) is 0 Å². The summed E-state index contributed by atoms with van der Waals surface area (Å²) in [4.78, 5) is 21.9. The highest BCUT2D eigenvalue weighted by molar-refractivity contribution is 5.95. The highest BCUT2D eigenvalue weighted by Crippen LogP contribution is 2.21. The number of nitrogens with one attached hydrogen (secondary N) is 1. The number of amides is 1. The Morgan fingerprint density at radius 3 is 2.50 bits per heavy atom. The molecule has 1 amide bonds. The van der Waals surface area contributed by atoms with Gasteiger partial charge < -0.3 is 11.1 Å². The van der Waals surface area contributed by atoms with E-state index in [0.717, 1.165) is 0 Å². The van der Waals surface area contributed by atoms with Gasteiger partial charge in [0.2, 0.25) is 5.91 Å². The molecule has 0 fully saturated rings. The summed E-state index contributed by atoms with van der Waals surface area (Å²) in [6.07, 6.45) is 0. The van der Waals surface area contributed by atoms with Crippen molar-refractivity contribution >= 4 is 17.3 Å². The van der Waals surface area contributed by atoms with Crippen molar-refractivity contribution in [3.05, 3.63) is 33.9 Å². The lowest BCUT2D eigenvalue weighted by molar-refractivity contribution is -0.385. The lowest BCUT2D eigenvalue weighted by atomic mass is 10.0. The third-order valence-corrected chi connectivity index (χ3v) is 2.68. The summed E-state index contributed by atoms with van der Waals surface area (Å²) >= 11 is 0. The normalized spacial score (nSPS) is 12.3. The van der Waals surface area contributed by atoms with Crippen LogP contribution in [-0.2, 0) is 4.79 Å². The second kappa shape index (κ2) is 5.59. The van der Waals surface area contributed by atoms with Crippen LogP contribution in [-0.4, -0.2) is 16.9 Å². The van der Waals surface area contributed by atoms with Crippen molar-refractivity contribution in [3.63, 3.8) is 0 Å². The van der Waals surface area contributed by atoms with Crippen LogP contribution in [0.15, 0.2) is 18.2 Å². The summed E-state index contributed by atoms with van der Waals surface area (Å²) < 4.78 is 0. The number of rotatable bonds is 4. The summed E-state index contributed by atoms with van der Waals surface area (Å²) in [7, 11) is 0. The van der Waals surface area contributed by atoms with Gasteiger partial charge in [-0.2, -0.15) is 0 Å². The monoisotopic (exact) mass is 251 g/mol. The Labute approximate surface area is 105 Å². The molecular formula is C12H17N3O3. The Bertz CT molecular complexity index is 472. The molecule has 98 valence electrons. The average Bonchev–Trinajstić information content (AvgIpc) is 2.27. The number of nitrogens with two attached hydrogens (primary N) is 1. The molecule has 0 radical (unpaired) electrons. The number of benzene rings is 1. The van der Waals surface area contributed by atoms with Crippen LogP contribution in [0.4, 0.5) is 11.4 Å². The topological polar surface area (TPSA) is 98.3 Å². The maximum Gasteiger partial charge on any atom is 0.272 e. The van der Waals surface area contributed by atoms with Crippen molar-refractivity contribution in [1.82, 2.24) is 0 Å². The van der Waals surface area contributed by atoms with Crippen molar-refractivity contribution in [2.24, 2.45) is 11.7 Å². The van der Waals surface area contributed by atoms with E-state index in [-0.39, 0.29) is 17.5 Å². The van der Waals surface area contributed by atoms with Gasteiger partial charge in [0.15, 0.2) is 0 Å². The predicted molar refractivity (Wildman–Crippen MR) is 69.3 cm³/mol. The largest absolute Gasteiger partial charge is 0.325 e. The van der Waals surface area contributed by atoms with Gasteiger partial charge in [-0.05, 0) is 25.0 Å². The Morgan fingerprint density at radius 1 is 1.44 bits per heavy atom. The molecule has 0 saturated carbocycles. The minimum atomic E-state index is -0.597. The van der Waals surface area contributed by atoms with Crippen LogP contribution >= 0.6 is 0 Å². The summed E-state index contributed by atoms with van der Waals surface area (Å²) in [5.74, 6) is -0.262. The lowest BCUT2D eigenvalue weighted by Gasteiger charge is -2.15. The van der Waals surface area contributed by atoms with Gasteiger partial charge in [-0.3, -0.25) is 14.9 Å². The van der Waals surface area contributed by atoms with Crippen LogP contribution in [0.3, 0.4) is 0 Å². The molecule has 1 rings (SSSR count). The molecular weight excluding hydrogens is 234 g/mol. The number of carbonyl (C=O) groups excluding carboxylic acids is 1. The molecule has 3 N–H and O–H groups in total. The molecule has 1 aromatic carbocycles. The molecule has 1 atom stereocenters. The van der Waals surface area contributed by atoms with Gasteiger partial charge in [-0.1, -0.05) is 13.8 Å². The Morgan fingerprint density at radius 2 is 2.06 bits per heavy atom. The predicted octanol–water partition coefficient (Wildman–Crippen LogP) is 1.83. The number of carbonyl (C=O) groups is 1. The van der Waals surface area contributed by atoms with Gasteiger partial charge in [0.1, 0.15) is 0 Å². The summed E-state index contributed by atoms with van der Waals surface area (Å²) in [6, 6.07) is 3.82. The molecule has 0 aliphatic carbocycles. The molecule has 0 saturated heterocycles. The summed E-state index contributed by atoms with van der Waals surface area (Å²) in [6.45, 7) is 5.33. The van der Waals surface area contributed by atoms with Gasteiger partial charge in [0.05, 0.1) is 11.0 Å². The van der Waals surface area contributed by atoms with Crippen LogP contribution in [0.1, 0.15) is 19.4 Å². The number of nitro groups is 1. The van der Waals surface area contributed by atoms with E-state index in [1.54, 1.807) is 13.0 Å². The standard InChI is InChI=1S/C12H17N3O3/c1-7(2)11(13)12(16)14-9-4-5-10(15(17)18)8(3)6-9/h4-7,11H,13H2,1-3H3,(H,14,16)/t11-/m1/s1. The van der Waals surface area contributed by atoms with E-state index in [0.29, 0.717) is 11.3 Å². The van der Waals surface area contributed by atoms with Gasteiger partial charge >= 0.3 is 0 Å². The van der Waals surface area contributed by atoms with Crippen molar-refractivity contribution < 1.29 is 9.72 Å². The zero-order valence-electron chi connectivity index (χ0n) is 10.6. The highest BCUT2D eigenvalue weighted by atomic mass is 16.6. The number of aryl methyl sites for hydroxylation is 1. The zero-order chi connectivity index (χ0) is 13.9. The fraction of sp³-hybridized carbons (Fsp3) is 0.417. The Kier molecular flexibility index (Phi) is 4.38. The minimum absolute atomic E-state index is 0.0288. The second-order valence-corrected chi connectivity index (χ2v) is 4.52. The maximum atomic E-state index is 11.7. The van der Waals surface area contributed by atoms with Crippen molar-refractivity contribution in [2.75, 3.05) is 5.32 Å². The molecule has 0 spiro atoms. The number of nitrogens with zero attached hydrogens (tertiary/aromatic N) is 1. The van der Waals surface area contributed by atoms with E-state index in [9.17, 15) is 14.9 Å². The van der Waals surface area contributed by atoms with Gasteiger partial charge in [0, 0.05) is 17.3 Å². The first kappa shape index (κ1) is 14.1. The number of anilines is 1. The molecule has 0 aliphatic heterocycles. The fourth-order valence-corrected chi connectivity index (χ4v) is 1.47. The van der Waals surface area contributed by atoms with Crippen LogP contribution in [0.2, 0.25) is 0 Å². The molecule has 18 heavy (non-hydrogen) atoms. The van der Waals surface area contributed by atoms with Crippen LogP contribution in [0, 0.1) is 23.0 Å². The zero-order valence-corrected chi connectivity index (χ0v) is 10.6. The van der Waals surface area contributed by atoms with Gasteiger partial charge in [-0.15, -0.1) is 0 Å². The van der Waals surface area contributed by atoms with Crippen molar-refractivity contribution in [2.45, 2.75) is 26.8 Å². The third kappa shape index (κ3) is 3.27. The van der Waals surface area contributed by atoms with E-state index in [1.807, 2.05) is 13.8 Å². The number of hydrogen-bond acceptors (Lipinski definition) is 4. The van der Waals surface area contributed by atoms with Crippen LogP contribution in [0.5, 0.6) is 0 Å². The van der Waals surface area contributed by atoms with Gasteiger partial charge in [0.25, 0.3) is 5.69 Å². The first-order valence-electron chi connectivity index (χ1n) is 5.64. The molecule has 0 heterocycles. The van der Waals surface area contributed by atoms with E-state index in [2.05, 4.69) is 5.32 Å². The quantitative estimate of drug-likeness (QED) is 0.630. The molecule has 0 unspecified atom stereocenters. The van der Waals surface area contributed by atoms with Gasteiger partial charge in [-0.25, -0.2) is 0 Å².